The zero-order chi connectivity index (χ0) is 14.5. The van der Waals surface area contributed by atoms with Gasteiger partial charge < -0.3 is 10.6 Å². The van der Waals surface area contributed by atoms with Crippen molar-refractivity contribution in [1.82, 2.24) is 15.3 Å². The Morgan fingerprint density at radius 1 is 1.35 bits per heavy atom. The van der Waals surface area contributed by atoms with E-state index in [1.807, 2.05) is 19.1 Å². The molecule has 1 atom stereocenters. The van der Waals surface area contributed by atoms with Gasteiger partial charge in [0.2, 0.25) is 0 Å². The van der Waals surface area contributed by atoms with Gasteiger partial charge in [-0.3, -0.25) is 9.78 Å². The number of hydrogen-bond acceptors (Lipinski definition) is 4. The standard InChI is InChI=1S/C14H15BrN4O/c1-9(10-3-5-17-6-4-10)19-14(20)12-7-11(15)8-18-13(12)16-2/h3-9H,1-2H3,(H,16,18)(H,19,20). The first-order valence-electron chi connectivity index (χ1n) is 6.16. The number of anilines is 1. The summed E-state index contributed by atoms with van der Waals surface area (Å²) in [5.74, 6) is 0.375. The SMILES string of the molecule is CNc1ncc(Br)cc1C(=O)NC(C)c1ccncc1. The second kappa shape index (κ2) is 6.47. The second-order valence-electron chi connectivity index (χ2n) is 4.28. The third kappa shape index (κ3) is 3.33. The lowest BCUT2D eigenvalue weighted by Crippen LogP contribution is -2.27. The van der Waals surface area contributed by atoms with Gasteiger partial charge in [0.25, 0.3) is 5.91 Å². The molecule has 1 amide bonds. The van der Waals surface area contributed by atoms with Crippen molar-refractivity contribution in [2.24, 2.45) is 0 Å². The molecule has 2 N–H and O–H groups in total. The normalized spacial score (nSPS) is 11.8. The van der Waals surface area contributed by atoms with Crippen LogP contribution in [0.25, 0.3) is 0 Å². The Morgan fingerprint density at radius 3 is 2.70 bits per heavy atom. The molecule has 1 unspecified atom stereocenters. The van der Waals surface area contributed by atoms with Crippen LogP contribution in [-0.2, 0) is 0 Å². The molecule has 6 heteroatoms. The number of aromatic nitrogens is 2. The monoisotopic (exact) mass is 334 g/mol. The fourth-order valence-electron chi connectivity index (χ4n) is 1.82. The van der Waals surface area contributed by atoms with E-state index in [0.29, 0.717) is 11.4 Å². The molecule has 0 spiro atoms. The van der Waals surface area contributed by atoms with E-state index in [2.05, 4.69) is 36.5 Å². The molecule has 2 aromatic rings. The van der Waals surface area contributed by atoms with Crippen molar-refractivity contribution in [3.05, 3.63) is 52.4 Å². The lowest BCUT2D eigenvalue weighted by atomic mass is 10.1. The van der Waals surface area contributed by atoms with E-state index in [-0.39, 0.29) is 11.9 Å². The molecule has 2 heterocycles. The number of nitrogens with zero attached hydrogens (tertiary/aromatic N) is 2. The number of hydrogen-bond donors (Lipinski definition) is 2. The van der Waals surface area contributed by atoms with E-state index in [0.717, 1.165) is 10.0 Å². The predicted molar refractivity (Wildman–Crippen MR) is 81.6 cm³/mol. The molecule has 20 heavy (non-hydrogen) atoms. The molecule has 0 aliphatic rings. The zero-order valence-electron chi connectivity index (χ0n) is 11.2. The molecule has 2 rings (SSSR count). The number of amides is 1. The van der Waals surface area contributed by atoms with Crippen LogP contribution in [0, 0.1) is 0 Å². The highest BCUT2D eigenvalue weighted by Gasteiger charge is 2.15. The van der Waals surface area contributed by atoms with Gasteiger partial charge in [-0.25, -0.2) is 4.98 Å². The first kappa shape index (κ1) is 14.5. The fraction of sp³-hybridized carbons (Fsp3) is 0.214. The molecule has 0 bridgehead atoms. The quantitative estimate of drug-likeness (QED) is 0.902. The lowest BCUT2D eigenvalue weighted by Gasteiger charge is -2.15. The molecule has 0 saturated carbocycles. The average Bonchev–Trinajstić information content (AvgIpc) is 2.48. The molecule has 0 aliphatic heterocycles. The third-order valence-corrected chi connectivity index (χ3v) is 3.32. The molecule has 2 aromatic heterocycles. The molecule has 0 aromatic carbocycles. The van der Waals surface area contributed by atoms with Gasteiger partial charge in [-0.2, -0.15) is 0 Å². The van der Waals surface area contributed by atoms with Crippen LogP contribution in [0.3, 0.4) is 0 Å². The van der Waals surface area contributed by atoms with Crippen LogP contribution in [0.5, 0.6) is 0 Å². The van der Waals surface area contributed by atoms with Crippen LogP contribution in [0.4, 0.5) is 5.82 Å². The van der Waals surface area contributed by atoms with E-state index in [1.165, 1.54) is 0 Å². The Hall–Kier alpha value is -1.95. The molecular weight excluding hydrogens is 320 g/mol. The van der Waals surface area contributed by atoms with Crippen molar-refractivity contribution >= 4 is 27.7 Å². The van der Waals surface area contributed by atoms with E-state index < -0.39 is 0 Å². The summed E-state index contributed by atoms with van der Waals surface area (Å²) in [4.78, 5) is 20.5. The van der Waals surface area contributed by atoms with Crippen LogP contribution >= 0.6 is 15.9 Å². The largest absolute Gasteiger partial charge is 0.372 e. The van der Waals surface area contributed by atoms with Crippen LogP contribution in [-0.4, -0.2) is 22.9 Å². The van der Waals surface area contributed by atoms with Gasteiger partial charge in [-0.05, 0) is 46.6 Å². The molecule has 0 saturated heterocycles. The van der Waals surface area contributed by atoms with Gasteiger partial charge in [-0.15, -0.1) is 0 Å². The number of carbonyl (C=O) groups is 1. The van der Waals surface area contributed by atoms with Crippen LogP contribution in [0.1, 0.15) is 28.9 Å². The van der Waals surface area contributed by atoms with Gasteiger partial charge in [0, 0.05) is 30.1 Å². The van der Waals surface area contributed by atoms with Gasteiger partial charge in [-0.1, -0.05) is 0 Å². The van der Waals surface area contributed by atoms with E-state index in [4.69, 9.17) is 0 Å². The maximum Gasteiger partial charge on any atom is 0.255 e. The van der Waals surface area contributed by atoms with Crippen LogP contribution in [0.15, 0.2) is 41.3 Å². The maximum absolute atomic E-state index is 12.3. The van der Waals surface area contributed by atoms with E-state index >= 15 is 0 Å². The maximum atomic E-state index is 12.3. The minimum absolute atomic E-state index is 0.103. The fourth-order valence-corrected chi connectivity index (χ4v) is 2.15. The smallest absolute Gasteiger partial charge is 0.255 e. The number of rotatable bonds is 4. The van der Waals surface area contributed by atoms with E-state index in [1.54, 1.807) is 31.7 Å². The Morgan fingerprint density at radius 2 is 2.05 bits per heavy atom. The number of nitrogens with one attached hydrogen (secondary N) is 2. The summed E-state index contributed by atoms with van der Waals surface area (Å²) < 4.78 is 0.762. The third-order valence-electron chi connectivity index (χ3n) is 2.89. The van der Waals surface area contributed by atoms with Crippen molar-refractivity contribution < 1.29 is 4.79 Å². The first-order chi connectivity index (χ1) is 9.61. The molecule has 0 radical (unpaired) electrons. The number of carbonyl (C=O) groups excluding carboxylic acids is 1. The first-order valence-corrected chi connectivity index (χ1v) is 6.95. The topological polar surface area (TPSA) is 66.9 Å². The molecule has 104 valence electrons. The average molecular weight is 335 g/mol. The van der Waals surface area contributed by atoms with Gasteiger partial charge >= 0.3 is 0 Å². The molecule has 0 fully saturated rings. The highest BCUT2D eigenvalue weighted by molar-refractivity contribution is 9.10. The Bertz CT molecular complexity index is 603. The lowest BCUT2D eigenvalue weighted by molar-refractivity contribution is 0.0940. The van der Waals surface area contributed by atoms with Crippen molar-refractivity contribution in [2.45, 2.75) is 13.0 Å². The zero-order valence-corrected chi connectivity index (χ0v) is 12.8. The molecule has 0 aliphatic carbocycles. The predicted octanol–water partition coefficient (Wildman–Crippen LogP) is 2.77. The number of halogens is 1. The summed E-state index contributed by atoms with van der Waals surface area (Å²) in [6, 6.07) is 5.40. The summed E-state index contributed by atoms with van der Waals surface area (Å²) in [6.45, 7) is 1.93. The second-order valence-corrected chi connectivity index (χ2v) is 5.19. The minimum Gasteiger partial charge on any atom is -0.372 e. The summed E-state index contributed by atoms with van der Waals surface area (Å²) in [7, 11) is 1.74. The van der Waals surface area contributed by atoms with Crippen LogP contribution in [0.2, 0.25) is 0 Å². The van der Waals surface area contributed by atoms with Gasteiger partial charge in [0.05, 0.1) is 11.6 Å². The van der Waals surface area contributed by atoms with Gasteiger partial charge in [0.15, 0.2) is 0 Å². The molecular formula is C14H15BrN4O. The highest BCUT2D eigenvalue weighted by atomic mass is 79.9. The van der Waals surface area contributed by atoms with Crippen LogP contribution < -0.4 is 10.6 Å². The van der Waals surface area contributed by atoms with Crippen molar-refractivity contribution in [3.8, 4) is 0 Å². The summed E-state index contributed by atoms with van der Waals surface area (Å²) in [5.41, 5.74) is 1.50. The summed E-state index contributed by atoms with van der Waals surface area (Å²) in [6.07, 6.45) is 5.06. The summed E-state index contributed by atoms with van der Waals surface area (Å²) >= 11 is 3.33. The van der Waals surface area contributed by atoms with Crippen molar-refractivity contribution in [3.63, 3.8) is 0 Å². The molecule has 5 nitrogen and oxygen atoms in total. The van der Waals surface area contributed by atoms with E-state index in [9.17, 15) is 4.79 Å². The minimum atomic E-state index is -0.174. The van der Waals surface area contributed by atoms with Crippen molar-refractivity contribution in [1.29, 1.82) is 0 Å². The Labute approximate surface area is 126 Å². The number of pyridine rings is 2. The highest BCUT2D eigenvalue weighted by Crippen LogP contribution is 2.19. The summed E-state index contributed by atoms with van der Waals surface area (Å²) in [5, 5.41) is 5.86. The van der Waals surface area contributed by atoms with Crippen molar-refractivity contribution in [2.75, 3.05) is 12.4 Å². The van der Waals surface area contributed by atoms with Gasteiger partial charge in [0.1, 0.15) is 5.82 Å². The Kier molecular flexibility index (Phi) is 4.68. The Balaban J connectivity index is 2.18.